The Balaban J connectivity index is 2.11. The Hall–Kier alpha value is -1.74. The second-order valence-electron chi connectivity index (χ2n) is 3.75. The summed E-state index contributed by atoms with van der Waals surface area (Å²) in [6.45, 7) is 1.98. The Morgan fingerprint density at radius 2 is 1.59 bits per heavy atom. The normalized spacial score (nSPS) is 10.0. The quantitative estimate of drug-likeness (QED) is 0.497. The summed E-state index contributed by atoms with van der Waals surface area (Å²) < 4.78 is 5.23. The van der Waals surface area contributed by atoms with E-state index in [0.29, 0.717) is 11.3 Å². The highest BCUT2D eigenvalue weighted by molar-refractivity contribution is 7.80. The minimum atomic E-state index is -0.359. The molecule has 3 heteroatoms. The van der Waals surface area contributed by atoms with E-state index in [-0.39, 0.29) is 5.97 Å². The van der Waals surface area contributed by atoms with Crippen LogP contribution in [-0.2, 0) is 0 Å². The van der Waals surface area contributed by atoms with Gasteiger partial charge in [-0.3, -0.25) is 0 Å². The van der Waals surface area contributed by atoms with Crippen LogP contribution in [0.2, 0.25) is 0 Å². The Bertz CT molecular complexity index is 515. The van der Waals surface area contributed by atoms with Gasteiger partial charge in [0, 0.05) is 4.90 Å². The van der Waals surface area contributed by atoms with Crippen LogP contribution in [0.3, 0.4) is 0 Å². The van der Waals surface area contributed by atoms with Gasteiger partial charge in [0.15, 0.2) is 0 Å². The summed E-state index contributed by atoms with van der Waals surface area (Å²) in [6, 6.07) is 14.3. The maximum absolute atomic E-state index is 11.8. The predicted octanol–water partition coefficient (Wildman–Crippen LogP) is 3.50. The molecule has 0 unspecified atom stereocenters. The van der Waals surface area contributed by atoms with E-state index in [2.05, 4.69) is 12.6 Å². The van der Waals surface area contributed by atoms with Crippen molar-refractivity contribution in [3.05, 3.63) is 59.7 Å². The van der Waals surface area contributed by atoms with Crippen LogP contribution in [0.1, 0.15) is 15.9 Å². The average molecular weight is 244 g/mol. The fourth-order valence-electron chi connectivity index (χ4n) is 1.37. The third-order valence-electron chi connectivity index (χ3n) is 2.33. The molecule has 2 aromatic carbocycles. The Morgan fingerprint density at radius 3 is 2.18 bits per heavy atom. The molecule has 0 radical (unpaired) electrons. The molecular formula is C14H12O2S. The zero-order valence-electron chi connectivity index (χ0n) is 9.38. The largest absolute Gasteiger partial charge is 0.423 e. The monoisotopic (exact) mass is 244 g/mol. The lowest BCUT2D eigenvalue weighted by Gasteiger charge is -2.04. The van der Waals surface area contributed by atoms with E-state index in [1.54, 1.807) is 36.4 Å². The number of thiol groups is 1. The zero-order chi connectivity index (χ0) is 12.3. The molecule has 0 spiro atoms. The first-order valence-electron chi connectivity index (χ1n) is 5.23. The van der Waals surface area contributed by atoms with Crippen LogP contribution in [0.4, 0.5) is 0 Å². The van der Waals surface area contributed by atoms with Crippen LogP contribution >= 0.6 is 12.6 Å². The molecule has 0 aliphatic heterocycles. The maximum Gasteiger partial charge on any atom is 0.343 e. The molecule has 0 saturated heterocycles. The van der Waals surface area contributed by atoms with Gasteiger partial charge in [0.1, 0.15) is 5.75 Å². The van der Waals surface area contributed by atoms with Crippen molar-refractivity contribution in [2.75, 3.05) is 0 Å². The summed E-state index contributed by atoms with van der Waals surface area (Å²) >= 11 is 4.16. The lowest BCUT2D eigenvalue weighted by molar-refractivity contribution is 0.0734. The molecule has 86 valence electrons. The fraction of sp³-hybridized carbons (Fsp3) is 0.0714. The van der Waals surface area contributed by atoms with E-state index in [1.807, 2.05) is 19.1 Å². The first kappa shape index (κ1) is 11.7. The number of ether oxygens (including phenoxy) is 1. The van der Waals surface area contributed by atoms with E-state index < -0.39 is 0 Å². The second-order valence-corrected chi connectivity index (χ2v) is 4.27. The SMILES string of the molecule is Cc1ccc(OC(=O)c2ccc(S)cc2)cc1. The predicted molar refractivity (Wildman–Crippen MR) is 69.8 cm³/mol. The van der Waals surface area contributed by atoms with Crippen LogP contribution in [0.25, 0.3) is 0 Å². The molecule has 2 rings (SSSR count). The summed E-state index contributed by atoms with van der Waals surface area (Å²) in [6.07, 6.45) is 0. The van der Waals surface area contributed by atoms with Crippen molar-refractivity contribution in [1.29, 1.82) is 0 Å². The van der Waals surface area contributed by atoms with E-state index in [1.165, 1.54) is 0 Å². The minimum absolute atomic E-state index is 0.359. The number of esters is 1. The summed E-state index contributed by atoms with van der Waals surface area (Å²) in [7, 11) is 0. The molecule has 0 bridgehead atoms. The van der Waals surface area contributed by atoms with Gasteiger partial charge in [0.05, 0.1) is 5.56 Å². The van der Waals surface area contributed by atoms with Crippen molar-refractivity contribution in [3.63, 3.8) is 0 Å². The Labute approximate surface area is 106 Å². The molecule has 0 fully saturated rings. The van der Waals surface area contributed by atoms with Crippen molar-refractivity contribution >= 4 is 18.6 Å². The minimum Gasteiger partial charge on any atom is -0.423 e. The van der Waals surface area contributed by atoms with Gasteiger partial charge < -0.3 is 4.74 Å². The van der Waals surface area contributed by atoms with Gasteiger partial charge in [-0.25, -0.2) is 4.79 Å². The van der Waals surface area contributed by atoms with Crippen LogP contribution in [0, 0.1) is 6.92 Å². The number of hydrogen-bond donors (Lipinski definition) is 1. The van der Waals surface area contributed by atoms with Gasteiger partial charge in [-0.2, -0.15) is 0 Å². The van der Waals surface area contributed by atoms with Crippen molar-refractivity contribution < 1.29 is 9.53 Å². The molecule has 2 aromatic rings. The summed E-state index contributed by atoms with van der Waals surface area (Å²) in [5, 5.41) is 0. The molecule has 2 nitrogen and oxygen atoms in total. The lowest BCUT2D eigenvalue weighted by Crippen LogP contribution is -2.08. The van der Waals surface area contributed by atoms with Crippen molar-refractivity contribution in [2.45, 2.75) is 11.8 Å². The molecule has 0 aliphatic carbocycles. The number of carbonyl (C=O) groups excluding carboxylic acids is 1. The van der Waals surface area contributed by atoms with Gasteiger partial charge in [0.2, 0.25) is 0 Å². The molecule has 0 aliphatic rings. The molecule has 0 atom stereocenters. The van der Waals surface area contributed by atoms with Crippen molar-refractivity contribution in [1.82, 2.24) is 0 Å². The van der Waals surface area contributed by atoms with E-state index in [0.717, 1.165) is 10.5 Å². The summed E-state index contributed by atoms with van der Waals surface area (Å²) in [5.41, 5.74) is 1.65. The molecule has 0 aromatic heterocycles. The number of carbonyl (C=O) groups is 1. The standard InChI is InChI=1S/C14H12O2S/c1-10-2-6-12(7-3-10)16-14(15)11-4-8-13(17)9-5-11/h2-9,17H,1H3. The summed E-state index contributed by atoms with van der Waals surface area (Å²) in [4.78, 5) is 12.6. The van der Waals surface area contributed by atoms with E-state index in [9.17, 15) is 4.79 Å². The molecule has 0 saturated carbocycles. The lowest BCUT2D eigenvalue weighted by atomic mass is 10.2. The van der Waals surface area contributed by atoms with E-state index in [4.69, 9.17) is 4.74 Å². The maximum atomic E-state index is 11.8. The Kier molecular flexibility index (Phi) is 3.49. The van der Waals surface area contributed by atoms with Crippen molar-refractivity contribution in [2.24, 2.45) is 0 Å². The number of rotatable bonds is 2. The highest BCUT2D eigenvalue weighted by atomic mass is 32.1. The van der Waals surface area contributed by atoms with Crippen molar-refractivity contribution in [3.8, 4) is 5.75 Å². The first-order chi connectivity index (χ1) is 8.15. The molecule has 0 N–H and O–H groups in total. The van der Waals surface area contributed by atoms with Gasteiger partial charge in [-0.05, 0) is 43.3 Å². The highest BCUT2D eigenvalue weighted by Crippen LogP contribution is 2.14. The molecule has 0 heterocycles. The third-order valence-corrected chi connectivity index (χ3v) is 2.63. The first-order valence-corrected chi connectivity index (χ1v) is 5.68. The number of hydrogen-bond acceptors (Lipinski definition) is 3. The van der Waals surface area contributed by atoms with Gasteiger partial charge in [-0.15, -0.1) is 12.6 Å². The second kappa shape index (κ2) is 5.06. The van der Waals surface area contributed by atoms with Gasteiger partial charge in [-0.1, -0.05) is 17.7 Å². The molecular weight excluding hydrogens is 232 g/mol. The fourth-order valence-corrected chi connectivity index (χ4v) is 1.52. The van der Waals surface area contributed by atoms with E-state index >= 15 is 0 Å². The Morgan fingerprint density at radius 1 is 1.00 bits per heavy atom. The van der Waals surface area contributed by atoms with Gasteiger partial charge >= 0.3 is 5.97 Å². The van der Waals surface area contributed by atoms with Crippen LogP contribution < -0.4 is 4.74 Å². The van der Waals surface area contributed by atoms with Crippen LogP contribution in [0.5, 0.6) is 5.75 Å². The average Bonchev–Trinajstić information content (AvgIpc) is 2.33. The topological polar surface area (TPSA) is 26.3 Å². The summed E-state index contributed by atoms with van der Waals surface area (Å²) in [5.74, 6) is 0.192. The van der Waals surface area contributed by atoms with Crippen LogP contribution in [-0.4, -0.2) is 5.97 Å². The molecule has 17 heavy (non-hydrogen) atoms. The molecule has 0 amide bonds. The number of benzene rings is 2. The van der Waals surface area contributed by atoms with Crippen LogP contribution in [0.15, 0.2) is 53.4 Å². The smallest absolute Gasteiger partial charge is 0.343 e. The van der Waals surface area contributed by atoms with Gasteiger partial charge in [0.25, 0.3) is 0 Å². The third kappa shape index (κ3) is 3.11. The number of aryl methyl sites for hydroxylation is 1. The highest BCUT2D eigenvalue weighted by Gasteiger charge is 2.07. The zero-order valence-corrected chi connectivity index (χ0v) is 10.3.